The first-order valence-corrected chi connectivity index (χ1v) is 8.81. The van der Waals surface area contributed by atoms with Crippen molar-refractivity contribution in [3.8, 4) is 0 Å². The lowest BCUT2D eigenvalue weighted by Gasteiger charge is -2.32. The molecule has 0 saturated carbocycles. The maximum Gasteiger partial charge on any atom is 0.497 e. The molecule has 0 amide bonds. The van der Waals surface area contributed by atoms with E-state index < -0.39 is 18.3 Å². The zero-order valence-electron chi connectivity index (χ0n) is 15.5. The minimum atomic E-state index is -0.733. The van der Waals surface area contributed by atoms with Crippen molar-refractivity contribution in [2.75, 3.05) is 0 Å². The Morgan fingerprint density at radius 2 is 1.69 bits per heavy atom. The highest BCUT2D eigenvalue weighted by Crippen LogP contribution is 2.36. The summed E-state index contributed by atoms with van der Waals surface area (Å²) in [5, 5.41) is 5.36. The van der Waals surface area contributed by atoms with Crippen LogP contribution in [-0.2, 0) is 15.9 Å². The molecular formula is C20H22BFN2O2. The fraction of sp³-hybridized carbons (Fsp3) is 0.350. The third-order valence-corrected chi connectivity index (χ3v) is 5.36. The Morgan fingerprint density at radius 3 is 2.35 bits per heavy atom. The molecule has 1 aromatic heterocycles. The van der Waals surface area contributed by atoms with Crippen LogP contribution in [0.2, 0.25) is 0 Å². The lowest BCUT2D eigenvalue weighted by molar-refractivity contribution is 0.00578. The molecule has 0 N–H and O–H groups in total. The van der Waals surface area contributed by atoms with E-state index in [0.717, 1.165) is 16.5 Å². The van der Waals surface area contributed by atoms with Crippen LogP contribution >= 0.6 is 0 Å². The van der Waals surface area contributed by atoms with Gasteiger partial charge in [-0.25, -0.2) is 4.39 Å². The van der Waals surface area contributed by atoms with Crippen LogP contribution in [0.5, 0.6) is 0 Å². The van der Waals surface area contributed by atoms with Crippen LogP contribution in [0.25, 0.3) is 10.9 Å². The van der Waals surface area contributed by atoms with Crippen molar-refractivity contribution in [1.82, 2.24) is 9.78 Å². The molecule has 26 heavy (non-hydrogen) atoms. The topological polar surface area (TPSA) is 36.3 Å². The molecule has 6 heteroatoms. The highest BCUT2D eigenvalue weighted by molar-refractivity contribution is 6.62. The fourth-order valence-electron chi connectivity index (χ4n) is 3.11. The number of hydrogen-bond donors (Lipinski definition) is 0. The number of aromatic nitrogens is 2. The van der Waals surface area contributed by atoms with Gasteiger partial charge in [-0.3, -0.25) is 4.68 Å². The van der Waals surface area contributed by atoms with Crippen LogP contribution in [0.3, 0.4) is 0 Å². The van der Waals surface area contributed by atoms with Gasteiger partial charge in [-0.05, 0) is 45.4 Å². The molecule has 1 fully saturated rings. The molecule has 0 bridgehead atoms. The maximum atomic E-state index is 14.7. The highest BCUT2D eigenvalue weighted by atomic mass is 19.1. The van der Waals surface area contributed by atoms with Crippen LogP contribution in [0.1, 0.15) is 33.3 Å². The number of benzene rings is 2. The molecule has 1 aliphatic rings. The Hall–Kier alpha value is -2.18. The molecule has 1 aliphatic heterocycles. The molecule has 0 unspecified atom stereocenters. The van der Waals surface area contributed by atoms with Gasteiger partial charge in [0.1, 0.15) is 5.82 Å². The number of fused-ring (bicyclic) bond motifs is 1. The first kappa shape index (κ1) is 17.2. The number of nitrogens with zero attached hydrogens (tertiary/aromatic N) is 2. The third kappa shape index (κ3) is 2.93. The van der Waals surface area contributed by atoms with E-state index in [1.807, 2.05) is 68.9 Å². The molecule has 0 radical (unpaired) electrons. The summed E-state index contributed by atoms with van der Waals surface area (Å²) in [6.45, 7) is 8.47. The van der Waals surface area contributed by atoms with Gasteiger partial charge in [0, 0.05) is 17.0 Å². The zero-order chi connectivity index (χ0) is 18.5. The van der Waals surface area contributed by atoms with E-state index in [0.29, 0.717) is 12.0 Å². The molecule has 2 heterocycles. The Morgan fingerprint density at radius 1 is 1.04 bits per heavy atom. The van der Waals surface area contributed by atoms with E-state index in [4.69, 9.17) is 9.31 Å². The predicted molar refractivity (Wildman–Crippen MR) is 101 cm³/mol. The highest BCUT2D eigenvalue weighted by Gasteiger charge is 2.52. The molecule has 0 spiro atoms. The summed E-state index contributed by atoms with van der Waals surface area (Å²) in [5.41, 5.74) is 1.25. The van der Waals surface area contributed by atoms with E-state index in [-0.39, 0.29) is 5.82 Å². The van der Waals surface area contributed by atoms with Crippen molar-refractivity contribution in [1.29, 1.82) is 0 Å². The number of rotatable bonds is 3. The second-order valence-electron chi connectivity index (χ2n) is 7.83. The molecule has 3 aromatic rings. The van der Waals surface area contributed by atoms with Crippen molar-refractivity contribution in [2.45, 2.75) is 45.4 Å². The monoisotopic (exact) mass is 352 g/mol. The predicted octanol–water partition coefficient (Wildman–Crippen LogP) is 3.52. The summed E-state index contributed by atoms with van der Waals surface area (Å²) >= 11 is 0. The molecule has 1 saturated heterocycles. The van der Waals surface area contributed by atoms with Crippen LogP contribution in [-0.4, -0.2) is 28.1 Å². The zero-order valence-corrected chi connectivity index (χ0v) is 15.5. The Labute approximate surface area is 153 Å². The quantitative estimate of drug-likeness (QED) is 0.677. The molecule has 4 nitrogen and oxygen atoms in total. The van der Waals surface area contributed by atoms with Gasteiger partial charge < -0.3 is 9.31 Å². The Kier molecular flexibility index (Phi) is 3.93. The van der Waals surface area contributed by atoms with Gasteiger partial charge in [-0.15, -0.1) is 0 Å². The minimum absolute atomic E-state index is 0.338. The summed E-state index contributed by atoms with van der Waals surface area (Å²) in [7, 11) is -0.733. The van der Waals surface area contributed by atoms with Crippen LogP contribution < -0.4 is 5.46 Å². The van der Waals surface area contributed by atoms with Gasteiger partial charge in [-0.1, -0.05) is 30.3 Å². The molecule has 134 valence electrons. The van der Waals surface area contributed by atoms with Crippen molar-refractivity contribution in [3.63, 3.8) is 0 Å². The van der Waals surface area contributed by atoms with Crippen molar-refractivity contribution in [3.05, 3.63) is 60.0 Å². The van der Waals surface area contributed by atoms with Gasteiger partial charge in [0.2, 0.25) is 0 Å². The van der Waals surface area contributed by atoms with Gasteiger partial charge in [0.05, 0.1) is 23.3 Å². The molecular weight excluding hydrogens is 330 g/mol. The largest absolute Gasteiger partial charge is 0.497 e. The molecule has 2 aromatic carbocycles. The standard InChI is InChI=1S/C20H22BFN2O2/c1-19(2)20(3,4)26-21(25-19)16-11-18-15(10-17(16)22)13-24(23-18)12-14-8-6-5-7-9-14/h5-11,13H,12H2,1-4H3. The average Bonchev–Trinajstić information content (AvgIpc) is 3.04. The van der Waals surface area contributed by atoms with Gasteiger partial charge in [-0.2, -0.15) is 5.10 Å². The molecule has 0 atom stereocenters. The second-order valence-corrected chi connectivity index (χ2v) is 7.83. The first-order chi connectivity index (χ1) is 12.2. The normalized spacial score (nSPS) is 18.6. The fourth-order valence-corrected chi connectivity index (χ4v) is 3.11. The van der Waals surface area contributed by atoms with E-state index >= 15 is 0 Å². The van der Waals surface area contributed by atoms with E-state index in [9.17, 15) is 4.39 Å². The molecule has 0 aliphatic carbocycles. The summed E-state index contributed by atoms with van der Waals surface area (Å²) in [5.74, 6) is -0.338. The van der Waals surface area contributed by atoms with Gasteiger partial charge in [0.15, 0.2) is 0 Å². The average molecular weight is 352 g/mol. The summed E-state index contributed by atoms with van der Waals surface area (Å²) in [6.07, 6.45) is 1.86. The van der Waals surface area contributed by atoms with Crippen molar-refractivity contribution in [2.24, 2.45) is 0 Å². The van der Waals surface area contributed by atoms with Crippen LogP contribution in [0.4, 0.5) is 4.39 Å². The van der Waals surface area contributed by atoms with Crippen molar-refractivity contribution < 1.29 is 13.7 Å². The minimum Gasteiger partial charge on any atom is -0.399 e. The van der Waals surface area contributed by atoms with E-state index in [1.165, 1.54) is 6.07 Å². The number of hydrogen-bond acceptors (Lipinski definition) is 3. The summed E-state index contributed by atoms with van der Waals surface area (Å²) < 4.78 is 28.5. The molecule has 4 rings (SSSR count). The second kappa shape index (κ2) is 5.93. The smallest absolute Gasteiger partial charge is 0.399 e. The SMILES string of the molecule is CC1(C)OB(c2cc3nn(Cc4ccccc4)cc3cc2F)OC1(C)C. The van der Waals surface area contributed by atoms with E-state index in [2.05, 4.69) is 5.10 Å². The lowest BCUT2D eigenvalue weighted by Crippen LogP contribution is -2.41. The van der Waals surface area contributed by atoms with Crippen LogP contribution in [0, 0.1) is 5.82 Å². The Balaban J connectivity index is 1.67. The summed E-state index contributed by atoms with van der Waals surface area (Å²) in [6, 6.07) is 13.3. The first-order valence-electron chi connectivity index (χ1n) is 8.81. The maximum absolute atomic E-state index is 14.7. The third-order valence-electron chi connectivity index (χ3n) is 5.36. The lowest BCUT2D eigenvalue weighted by atomic mass is 9.78. The van der Waals surface area contributed by atoms with E-state index in [1.54, 1.807) is 6.07 Å². The van der Waals surface area contributed by atoms with Crippen molar-refractivity contribution >= 4 is 23.5 Å². The van der Waals surface area contributed by atoms with Gasteiger partial charge >= 0.3 is 7.12 Å². The summed E-state index contributed by atoms with van der Waals surface area (Å²) in [4.78, 5) is 0. The van der Waals surface area contributed by atoms with Crippen LogP contribution in [0.15, 0.2) is 48.7 Å². The Bertz CT molecular complexity index is 937. The van der Waals surface area contributed by atoms with Gasteiger partial charge in [0.25, 0.3) is 0 Å². The number of halogens is 1.